The van der Waals surface area contributed by atoms with E-state index in [4.69, 9.17) is 10.3 Å². The summed E-state index contributed by atoms with van der Waals surface area (Å²) >= 11 is 0. The molecule has 1 heterocycles. The molecule has 2 N–H and O–H groups in total. The van der Waals surface area contributed by atoms with Gasteiger partial charge < -0.3 is 10.3 Å². The van der Waals surface area contributed by atoms with Gasteiger partial charge in [-0.05, 0) is 25.7 Å². The summed E-state index contributed by atoms with van der Waals surface area (Å²) in [5.74, 6) is 1.76. The Morgan fingerprint density at radius 2 is 2.25 bits per heavy atom. The summed E-state index contributed by atoms with van der Waals surface area (Å²) in [6.45, 7) is 3.74. The lowest BCUT2D eigenvalue weighted by molar-refractivity contribution is 0.346. The van der Waals surface area contributed by atoms with Gasteiger partial charge in [-0.25, -0.2) is 0 Å². The molecular weight excluding hydrogens is 154 g/mol. The number of hydrogen-bond acceptors (Lipinski definition) is 4. The van der Waals surface area contributed by atoms with Crippen LogP contribution in [0.25, 0.3) is 0 Å². The maximum Gasteiger partial charge on any atom is 0.223 e. The summed E-state index contributed by atoms with van der Waals surface area (Å²) in [7, 11) is 0. The average Bonchev–Trinajstić information content (AvgIpc) is 2.75. The normalized spacial score (nSPS) is 22.2. The van der Waals surface area contributed by atoms with E-state index < -0.39 is 5.54 Å². The van der Waals surface area contributed by atoms with E-state index in [1.165, 1.54) is 12.8 Å². The molecule has 12 heavy (non-hydrogen) atoms. The predicted molar refractivity (Wildman–Crippen MR) is 43.3 cm³/mol. The van der Waals surface area contributed by atoms with Crippen molar-refractivity contribution in [3.8, 4) is 0 Å². The third-order valence-electron chi connectivity index (χ3n) is 2.43. The number of nitrogens with zero attached hydrogens (tertiary/aromatic N) is 2. The summed E-state index contributed by atoms with van der Waals surface area (Å²) in [5, 5.41) is 3.84. The zero-order chi connectivity index (χ0) is 8.77. The minimum atomic E-state index is -0.391. The minimum absolute atomic E-state index is 0.391. The highest BCUT2D eigenvalue weighted by atomic mass is 16.5. The van der Waals surface area contributed by atoms with Gasteiger partial charge >= 0.3 is 0 Å². The fourth-order valence-electron chi connectivity index (χ4n) is 1.38. The number of nitrogens with two attached hydrogens (primary N) is 1. The van der Waals surface area contributed by atoms with E-state index in [0.29, 0.717) is 17.6 Å². The van der Waals surface area contributed by atoms with Gasteiger partial charge in [-0.2, -0.15) is 4.98 Å². The van der Waals surface area contributed by atoms with Crippen LogP contribution in [0.2, 0.25) is 0 Å². The molecule has 1 aromatic rings. The predicted octanol–water partition coefficient (Wildman–Crippen LogP) is 0.962. The molecule has 1 atom stereocenters. The zero-order valence-electron chi connectivity index (χ0n) is 7.37. The quantitative estimate of drug-likeness (QED) is 0.712. The van der Waals surface area contributed by atoms with Gasteiger partial charge in [0.05, 0.1) is 5.54 Å². The van der Waals surface area contributed by atoms with Gasteiger partial charge in [0.15, 0.2) is 5.82 Å². The van der Waals surface area contributed by atoms with Gasteiger partial charge in [0.2, 0.25) is 5.89 Å². The molecule has 0 spiro atoms. The molecule has 4 heteroatoms. The van der Waals surface area contributed by atoms with Gasteiger partial charge in [-0.3, -0.25) is 0 Å². The summed E-state index contributed by atoms with van der Waals surface area (Å²) in [6.07, 6.45) is 2.36. The van der Waals surface area contributed by atoms with Crippen molar-refractivity contribution in [2.45, 2.75) is 32.2 Å². The molecule has 1 fully saturated rings. The second-order valence-electron chi connectivity index (χ2n) is 3.69. The second-order valence-corrected chi connectivity index (χ2v) is 3.69. The molecular formula is C8H13N3O. The van der Waals surface area contributed by atoms with Crippen LogP contribution >= 0.6 is 0 Å². The van der Waals surface area contributed by atoms with E-state index in [1.807, 2.05) is 6.92 Å². The lowest BCUT2D eigenvalue weighted by Gasteiger charge is -2.18. The molecule has 0 saturated heterocycles. The Bertz CT molecular complexity index is 288. The molecule has 2 rings (SSSR count). The highest BCUT2D eigenvalue weighted by Gasteiger charge is 2.42. The fourth-order valence-corrected chi connectivity index (χ4v) is 1.38. The first-order valence-corrected chi connectivity index (χ1v) is 4.20. The van der Waals surface area contributed by atoms with E-state index in [1.54, 1.807) is 6.92 Å². The van der Waals surface area contributed by atoms with E-state index in [-0.39, 0.29) is 0 Å². The van der Waals surface area contributed by atoms with Crippen molar-refractivity contribution in [3.05, 3.63) is 11.7 Å². The molecule has 1 aromatic heterocycles. The second kappa shape index (κ2) is 2.29. The number of rotatable bonds is 2. The molecule has 0 aromatic carbocycles. The Morgan fingerprint density at radius 3 is 2.67 bits per heavy atom. The van der Waals surface area contributed by atoms with Crippen molar-refractivity contribution in [3.63, 3.8) is 0 Å². The van der Waals surface area contributed by atoms with E-state index >= 15 is 0 Å². The van der Waals surface area contributed by atoms with Crippen molar-refractivity contribution in [1.29, 1.82) is 0 Å². The molecule has 0 aliphatic heterocycles. The van der Waals surface area contributed by atoms with Crippen molar-refractivity contribution in [1.82, 2.24) is 10.1 Å². The molecule has 0 bridgehead atoms. The molecule has 4 nitrogen and oxygen atoms in total. The molecule has 1 saturated carbocycles. The highest BCUT2D eigenvalue weighted by Crippen LogP contribution is 2.42. The third-order valence-corrected chi connectivity index (χ3v) is 2.43. The van der Waals surface area contributed by atoms with E-state index in [9.17, 15) is 0 Å². The van der Waals surface area contributed by atoms with Gasteiger partial charge in [-0.1, -0.05) is 5.16 Å². The molecule has 1 aliphatic carbocycles. The largest absolute Gasteiger partial charge is 0.340 e. The van der Waals surface area contributed by atoms with Crippen LogP contribution in [0.5, 0.6) is 0 Å². The standard InChI is InChI=1S/C8H13N3O/c1-5-10-7(11-12-5)8(2,9)6-3-4-6/h6H,3-4,9H2,1-2H3/t8-/m0/s1. The van der Waals surface area contributed by atoms with E-state index in [0.717, 1.165) is 0 Å². The molecule has 0 unspecified atom stereocenters. The third kappa shape index (κ3) is 1.12. The maximum atomic E-state index is 6.07. The lowest BCUT2D eigenvalue weighted by atomic mass is 9.97. The number of aryl methyl sites for hydroxylation is 1. The number of aromatic nitrogens is 2. The maximum absolute atomic E-state index is 6.07. The van der Waals surface area contributed by atoms with Gasteiger partial charge in [0.25, 0.3) is 0 Å². The first kappa shape index (κ1) is 7.73. The van der Waals surface area contributed by atoms with Gasteiger partial charge in [-0.15, -0.1) is 0 Å². The van der Waals surface area contributed by atoms with Crippen LogP contribution in [0.4, 0.5) is 0 Å². The van der Waals surface area contributed by atoms with Crippen LogP contribution in [0.1, 0.15) is 31.5 Å². The van der Waals surface area contributed by atoms with Gasteiger partial charge in [0.1, 0.15) is 0 Å². The molecule has 66 valence electrons. The van der Waals surface area contributed by atoms with Crippen LogP contribution in [0, 0.1) is 12.8 Å². The number of hydrogen-bond donors (Lipinski definition) is 1. The molecule has 0 amide bonds. The monoisotopic (exact) mass is 167 g/mol. The summed E-state index contributed by atoms with van der Waals surface area (Å²) < 4.78 is 4.89. The van der Waals surface area contributed by atoms with Crippen LogP contribution in [0.3, 0.4) is 0 Å². The summed E-state index contributed by atoms with van der Waals surface area (Å²) in [5.41, 5.74) is 5.68. The van der Waals surface area contributed by atoms with E-state index in [2.05, 4.69) is 10.1 Å². The Labute approximate surface area is 71.1 Å². The Balaban J connectivity index is 2.27. The minimum Gasteiger partial charge on any atom is -0.340 e. The Kier molecular flexibility index (Phi) is 1.48. The first-order chi connectivity index (χ1) is 5.60. The smallest absolute Gasteiger partial charge is 0.223 e. The lowest BCUT2D eigenvalue weighted by Crippen LogP contribution is -2.36. The van der Waals surface area contributed by atoms with Crippen molar-refractivity contribution >= 4 is 0 Å². The zero-order valence-corrected chi connectivity index (χ0v) is 7.37. The van der Waals surface area contributed by atoms with Crippen molar-refractivity contribution < 1.29 is 4.52 Å². The van der Waals surface area contributed by atoms with Crippen molar-refractivity contribution in [2.75, 3.05) is 0 Å². The van der Waals surface area contributed by atoms with Gasteiger partial charge in [0, 0.05) is 6.92 Å². The first-order valence-electron chi connectivity index (χ1n) is 4.20. The average molecular weight is 167 g/mol. The van der Waals surface area contributed by atoms with Crippen molar-refractivity contribution in [2.24, 2.45) is 11.7 Å². The topological polar surface area (TPSA) is 64.9 Å². The Morgan fingerprint density at radius 1 is 1.58 bits per heavy atom. The SMILES string of the molecule is Cc1nc([C@@](C)(N)C2CC2)no1. The molecule has 1 aliphatic rings. The van der Waals surface area contributed by atoms with Crippen LogP contribution < -0.4 is 5.73 Å². The fraction of sp³-hybridized carbons (Fsp3) is 0.750. The van der Waals surface area contributed by atoms with Crippen LogP contribution in [0.15, 0.2) is 4.52 Å². The Hall–Kier alpha value is -0.900. The molecule has 0 radical (unpaired) electrons. The van der Waals surface area contributed by atoms with Crippen LogP contribution in [-0.4, -0.2) is 10.1 Å². The highest BCUT2D eigenvalue weighted by molar-refractivity contribution is 5.08. The summed E-state index contributed by atoms with van der Waals surface area (Å²) in [4.78, 5) is 4.14. The summed E-state index contributed by atoms with van der Waals surface area (Å²) in [6, 6.07) is 0. The van der Waals surface area contributed by atoms with Crippen LogP contribution in [-0.2, 0) is 5.54 Å².